The van der Waals surface area contributed by atoms with Crippen molar-refractivity contribution in [3.05, 3.63) is 41.5 Å². The van der Waals surface area contributed by atoms with Crippen LogP contribution in [0.2, 0.25) is 0 Å². The monoisotopic (exact) mass is 264 g/mol. The predicted octanol–water partition coefficient (Wildman–Crippen LogP) is 4.07. The number of esters is 1. The van der Waals surface area contributed by atoms with Gasteiger partial charge in [-0.2, -0.15) is 0 Å². The molecule has 0 saturated heterocycles. The first-order valence-electron chi connectivity index (χ1n) is 6.58. The van der Waals surface area contributed by atoms with Gasteiger partial charge in [-0.05, 0) is 30.2 Å². The molecule has 1 aromatic carbocycles. The Bertz CT molecular complexity index is 388. The maximum absolute atomic E-state index is 11.5. The fourth-order valence-corrected chi connectivity index (χ4v) is 1.64. The summed E-state index contributed by atoms with van der Waals surface area (Å²) in [5, 5.41) is 0. The quantitative estimate of drug-likeness (QED) is 0.594. The van der Waals surface area contributed by atoms with E-state index in [2.05, 4.69) is 13.5 Å². The minimum atomic E-state index is -0.340. The van der Waals surface area contributed by atoms with Crippen LogP contribution in [0.4, 0.5) is 0 Å². The third-order valence-corrected chi connectivity index (χ3v) is 2.52. The van der Waals surface area contributed by atoms with E-state index in [4.69, 9.17) is 9.47 Å². The Labute approximate surface area is 116 Å². The maximum atomic E-state index is 11.5. The first-order valence-corrected chi connectivity index (χ1v) is 6.58. The van der Waals surface area contributed by atoms with Gasteiger partial charge in [-0.1, -0.05) is 33.8 Å². The summed E-state index contributed by atoms with van der Waals surface area (Å²) < 4.78 is 9.82. The number of methoxy groups -OCH3 is 2. The summed E-state index contributed by atoms with van der Waals surface area (Å²) in [6.07, 6.45) is 1.93. The molecule has 0 aliphatic rings. The van der Waals surface area contributed by atoms with Gasteiger partial charge in [0.15, 0.2) is 0 Å². The van der Waals surface area contributed by atoms with Gasteiger partial charge in [0.05, 0.1) is 19.8 Å². The number of rotatable bonds is 5. The van der Waals surface area contributed by atoms with Gasteiger partial charge < -0.3 is 9.47 Å². The van der Waals surface area contributed by atoms with Crippen molar-refractivity contribution in [1.29, 1.82) is 0 Å². The molecular weight excluding hydrogens is 240 g/mol. The Balaban J connectivity index is 0.00000154. The molecule has 0 fully saturated rings. The van der Waals surface area contributed by atoms with Crippen LogP contribution in [0.15, 0.2) is 24.8 Å². The molecule has 0 bridgehead atoms. The molecule has 0 spiro atoms. The summed E-state index contributed by atoms with van der Waals surface area (Å²) in [5.41, 5.74) is 2.44. The van der Waals surface area contributed by atoms with Crippen LogP contribution in [-0.2, 0) is 15.9 Å². The summed E-state index contributed by atoms with van der Waals surface area (Å²) in [6, 6.07) is 5.57. The van der Waals surface area contributed by atoms with Crippen molar-refractivity contribution < 1.29 is 14.3 Å². The molecule has 0 amide bonds. The summed E-state index contributed by atoms with van der Waals surface area (Å²) >= 11 is 0. The first-order chi connectivity index (χ1) is 9.12. The molecule has 0 N–H and O–H groups in total. The van der Waals surface area contributed by atoms with Crippen LogP contribution in [-0.4, -0.2) is 20.2 Å². The van der Waals surface area contributed by atoms with Gasteiger partial charge in [0.1, 0.15) is 5.76 Å². The molecule has 0 radical (unpaired) electrons. The molecule has 0 aromatic heterocycles. The lowest BCUT2D eigenvalue weighted by atomic mass is 10.0. The predicted molar refractivity (Wildman–Crippen MR) is 79.2 cm³/mol. The van der Waals surface area contributed by atoms with Crippen LogP contribution in [0, 0.1) is 0 Å². The molecule has 3 heteroatoms. The zero-order valence-corrected chi connectivity index (χ0v) is 12.6. The van der Waals surface area contributed by atoms with E-state index >= 15 is 0 Å². The number of ether oxygens (including phenoxy) is 2. The van der Waals surface area contributed by atoms with E-state index in [9.17, 15) is 4.79 Å². The lowest BCUT2D eigenvalue weighted by molar-refractivity contribution is 0.0600. The van der Waals surface area contributed by atoms with Crippen LogP contribution >= 0.6 is 0 Å². The Morgan fingerprint density at radius 3 is 2.16 bits per heavy atom. The Morgan fingerprint density at radius 2 is 1.68 bits per heavy atom. The topological polar surface area (TPSA) is 35.5 Å². The first kappa shape index (κ1) is 17.2. The van der Waals surface area contributed by atoms with Gasteiger partial charge in [0.25, 0.3) is 0 Å². The third-order valence-electron chi connectivity index (χ3n) is 2.52. The number of benzene rings is 1. The van der Waals surface area contributed by atoms with E-state index in [0.717, 1.165) is 24.0 Å². The van der Waals surface area contributed by atoms with Crippen molar-refractivity contribution >= 4 is 11.7 Å². The number of carbonyl (C=O) groups is 1. The zero-order chi connectivity index (χ0) is 14.8. The van der Waals surface area contributed by atoms with E-state index in [-0.39, 0.29) is 5.97 Å². The third kappa shape index (κ3) is 5.16. The highest BCUT2D eigenvalue weighted by atomic mass is 16.5. The van der Waals surface area contributed by atoms with E-state index < -0.39 is 0 Å². The Kier molecular flexibility index (Phi) is 8.34. The molecule has 0 atom stereocenters. The van der Waals surface area contributed by atoms with Gasteiger partial charge >= 0.3 is 5.97 Å². The van der Waals surface area contributed by atoms with E-state index in [1.165, 1.54) is 7.11 Å². The number of carbonyl (C=O) groups excluding carboxylic acids is 1. The van der Waals surface area contributed by atoms with E-state index in [0.29, 0.717) is 11.3 Å². The smallest absolute Gasteiger partial charge is 0.337 e. The maximum Gasteiger partial charge on any atom is 0.337 e. The standard InChI is InChI=1S/C14H18O3.C2H6/c1-5-6-11-7-12(10(2)16-3)9-13(8-11)14(15)17-4;1-2/h7-9H,2,5-6H2,1,3-4H3;1-2H3. The van der Waals surface area contributed by atoms with Gasteiger partial charge in [-0.3, -0.25) is 0 Å². The summed E-state index contributed by atoms with van der Waals surface area (Å²) in [6.45, 7) is 9.89. The Hall–Kier alpha value is -1.77. The molecule has 19 heavy (non-hydrogen) atoms. The van der Waals surface area contributed by atoms with Gasteiger partial charge in [-0.15, -0.1) is 0 Å². The molecular formula is C16H24O3. The highest BCUT2D eigenvalue weighted by Crippen LogP contribution is 2.19. The summed E-state index contributed by atoms with van der Waals surface area (Å²) in [7, 11) is 2.94. The van der Waals surface area contributed by atoms with Crippen LogP contribution in [0.3, 0.4) is 0 Å². The number of hydrogen-bond acceptors (Lipinski definition) is 3. The molecule has 0 aliphatic heterocycles. The van der Waals surface area contributed by atoms with Crippen molar-refractivity contribution in [2.75, 3.05) is 14.2 Å². The normalized spacial score (nSPS) is 9.11. The molecule has 0 aliphatic carbocycles. The lowest BCUT2D eigenvalue weighted by Crippen LogP contribution is -2.03. The second-order valence-corrected chi connectivity index (χ2v) is 3.79. The van der Waals surface area contributed by atoms with Crippen LogP contribution in [0.1, 0.15) is 48.7 Å². The number of hydrogen-bond donors (Lipinski definition) is 0. The molecule has 0 saturated carbocycles. The summed E-state index contributed by atoms with van der Waals surface area (Å²) in [4.78, 5) is 11.5. The molecule has 1 aromatic rings. The minimum Gasteiger partial charge on any atom is -0.497 e. The van der Waals surface area contributed by atoms with E-state index in [1.807, 2.05) is 26.0 Å². The molecule has 0 heterocycles. The van der Waals surface area contributed by atoms with Crippen LogP contribution < -0.4 is 0 Å². The fourth-order valence-electron chi connectivity index (χ4n) is 1.64. The number of aryl methyl sites for hydroxylation is 1. The van der Waals surface area contributed by atoms with Gasteiger partial charge in [0, 0.05) is 5.56 Å². The second-order valence-electron chi connectivity index (χ2n) is 3.79. The Morgan fingerprint density at radius 1 is 1.11 bits per heavy atom. The molecule has 3 nitrogen and oxygen atoms in total. The van der Waals surface area contributed by atoms with Gasteiger partial charge in [-0.25, -0.2) is 4.79 Å². The SMILES string of the molecule is C=C(OC)c1cc(CCC)cc(C(=O)OC)c1.CC. The fraction of sp³-hybridized carbons (Fsp3) is 0.438. The summed E-state index contributed by atoms with van der Waals surface area (Å²) in [5.74, 6) is 0.209. The van der Waals surface area contributed by atoms with Gasteiger partial charge in [0.2, 0.25) is 0 Å². The molecule has 1 rings (SSSR count). The van der Waals surface area contributed by atoms with Crippen molar-refractivity contribution in [3.8, 4) is 0 Å². The molecule has 106 valence electrons. The highest BCUT2D eigenvalue weighted by molar-refractivity contribution is 5.90. The lowest BCUT2D eigenvalue weighted by Gasteiger charge is -2.09. The molecule has 0 unspecified atom stereocenters. The van der Waals surface area contributed by atoms with E-state index in [1.54, 1.807) is 13.2 Å². The average Bonchev–Trinajstić information content (AvgIpc) is 2.47. The second kappa shape index (κ2) is 9.20. The van der Waals surface area contributed by atoms with Crippen molar-refractivity contribution in [1.82, 2.24) is 0 Å². The average molecular weight is 264 g/mol. The van der Waals surface area contributed by atoms with Crippen molar-refractivity contribution in [2.24, 2.45) is 0 Å². The highest BCUT2D eigenvalue weighted by Gasteiger charge is 2.10. The van der Waals surface area contributed by atoms with Crippen molar-refractivity contribution in [3.63, 3.8) is 0 Å². The van der Waals surface area contributed by atoms with Crippen molar-refractivity contribution in [2.45, 2.75) is 33.6 Å². The van der Waals surface area contributed by atoms with Crippen LogP contribution in [0.5, 0.6) is 0 Å². The zero-order valence-electron chi connectivity index (χ0n) is 12.6. The van der Waals surface area contributed by atoms with Crippen LogP contribution in [0.25, 0.3) is 5.76 Å². The minimum absolute atomic E-state index is 0.340. The largest absolute Gasteiger partial charge is 0.497 e.